The molecule has 0 spiro atoms. The average Bonchev–Trinajstić information content (AvgIpc) is 2.08. The van der Waals surface area contributed by atoms with Gasteiger partial charge >= 0.3 is 0 Å². The average molecular weight is 142 g/mol. The Morgan fingerprint density at radius 3 is 2.40 bits per heavy atom. The molecule has 0 aromatic rings. The fourth-order valence-electron chi connectivity index (χ4n) is 1.24. The number of nitrogens with zero attached hydrogens (tertiary/aromatic N) is 2. The molecule has 0 unspecified atom stereocenters. The number of likely N-dealkylation sites (tertiary alicyclic amines) is 1. The number of hydrogen-bond donors (Lipinski definition) is 1. The Morgan fingerprint density at radius 1 is 1.60 bits per heavy atom. The molecule has 0 atom stereocenters. The van der Waals surface area contributed by atoms with Crippen molar-refractivity contribution in [3.05, 3.63) is 0 Å². The zero-order chi connectivity index (χ0) is 7.78. The van der Waals surface area contributed by atoms with Gasteiger partial charge in [-0.05, 0) is 20.9 Å². The monoisotopic (exact) mass is 142 g/mol. The van der Waals surface area contributed by atoms with Gasteiger partial charge in [0, 0.05) is 18.5 Å². The van der Waals surface area contributed by atoms with E-state index in [1.54, 1.807) is 0 Å². The molecule has 0 aromatic carbocycles. The van der Waals surface area contributed by atoms with Crippen molar-refractivity contribution in [2.24, 2.45) is 5.16 Å². The second kappa shape index (κ2) is 2.23. The Balaban J connectivity index is 2.71. The summed E-state index contributed by atoms with van der Waals surface area (Å²) in [5.41, 5.74) is 1.05. The lowest BCUT2D eigenvalue weighted by Crippen LogP contribution is -2.34. The molecule has 58 valence electrons. The highest BCUT2D eigenvalue weighted by molar-refractivity contribution is 5.88. The minimum Gasteiger partial charge on any atom is -0.411 e. The van der Waals surface area contributed by atoms with Gasteiger partial charge in [-0.1, -0.05) is 5.16 Å². The molecule has 3 heteroatoms. The van der Waals surface area contributed by atoms with E-state index in [2.05, 4.69) is 23.9 Å². The van der Waals surface area contributed by atoms with Crippen LogP contribution < -0.4 is 0 Å². The van der Waals surface area contributed by atoms with Crippen molar-refractivity contribution in [2.75, 3.05) is 13.6 Å². The van der Waals surface area contributed by atoms with Gasteiger partial charge in [-0.25, -0.2) is 0 Å². The first-order valence-electron chi connectivity index (χ1n) is 3.47. The summed E-state index contributed by atoms with van der Waals surface area (Å²) in [4.78, 5) is 2.18. The molecule has 10 heavy (non-hydrogen) atoms. The van der Waals surface area contributed by atoms with E-state index < -0.39 is 0 Å². The van der Waals surface area contributed by atoms with E-state index in [-0.39, 0.29) is 5.54 Å². The summed E-state index contributed by atoms with van der Waals surface area (Å²) in [7, 11) is 2.04. The molecular formula is C7H14N2O. The van der Waals surface area contributed by atoms with Crippen LogP contribution in [0.5, 0.6) is 0 Å². The van der Waals surface area contributed by atoms with Gasteiger partial charge in [0.2, 0.25) is 0 Å². The molecule has 1 fully saturated rings. The van der Waals surface area contributed by atoms with Crippen molar-refractivity contribution in [1.29, 1.82) is 0 Å². The highest BCUT2D eigenvalue weighted by Gasteiger charge is 2.33. The Kier molecular flexibility index (Phi) is 1.68. The summed E-state index contributed by atoms with van der Waals surface area (Å²) in [6.07, 6.45) is 0.875. The van der Waals surface area contributed by atoms with E-state index in [0.29, 0.717) is 0 Å². The number of rotatable bonds is 0. The Morgan fingerprint density at radius 2 is 2.20 bits per heavy atom. The zero-order valence-electron chi connectivity index (χ0n) is 6.76. The van der Waals surface area contributed by atoms with E-state index in [0.717, 1.165) is 18.7 Å². The summed E-state index contributed by atoms with van der Waals surface area (Å²) in [5.74, 6) is 0. The lowest BCUT2D eigenvalue weighted by molar-refractivity contribution is 0.219. The van der Waals surface area contributed by atoms with E-state index in [1.165, 1.54) is 0 Å². The maximum absolute atomic E-state index is 8.48. The quantitative estimate of drug-likeness (QED) is 0.403. The van der Waals surface area contributed by atoms with Crippen LogP contribution in [-0.4, -0.2) is 35.0 Å². The van der Waals surface area contributed by atoms with Gasteiger partial charge in [-0.3, -0.25) is 4.90 Å². The third-order valence-electron chi connectivity index (χ3n) is 2.23. The Hall–Kier alpha value is -0.570. The highest BCUT2D eigenvalue weighted by atomic mass is 16.4. The molecule has 1 N–H and O–H groups in total. The smallest absolute Gasteiger partial charge is 0.0728 e. The fourth-order valence-corrected chi connectivity index (χ4v) is 1.24. The first-order valence-corrected chi connectivity index (χ1v) is 3.47. The van der Waals surface area contributed by atoms with Crippen LogP contribution in [0.25, 0.3) is 0 Å². The SMILES string of the molecule is CN1C/C(=N\O)CC1(C)C. The second-order valence-electron chi connectivity index (χ2n) is 3.51. The summed E-state index contributed by atoms with van der Waals surface area (Å²) in [5, 5.41) is 11.7. The largest absolute Gasteiger partial charge is 0.411 e. The molecule has 1 saturated heterocycles. The molecule has 0 saturated carbocycles. The summed E-state index contributed by atoms with van der Waals surface area (Å²) in [6.45, 7) is 5.08. The van der Waals surface area contributed by atoms with Crippen molar-refractivity contribution in [3.8, 4) is 0 Å². The van der Waals surface area contributed by atoms with Gasteiger partial charge in [0.05, 0.1) is 5.71 Å². The van der Waals surface area contributed by atoms with Crippen molar-refractivity contribution in [1.82, 2.24) is 4.90 Å². The minimum absolute atomic E-state index is 0.168. The first-order chi connectivity index (χ1) is 4.56. The van der Waals surface area contributed by atoms with Gasteiger partial charge in [-0.2, -0.15) is 0 Å². The van der Waals surface area contributed by atoms with Crippen molar-refractivity contribution in [3.63, 3.8) is 0 Å². The molecule has 1 heterocycles. The third kappa shape index (κ3) is 1.14. The molecule has 1 aliphatic heterocycles. The highest BCUT2D eigenvalue weighted by Crippen LogP contribution is 2.24. The van der Waals surface area contributed by atoms with Crippen LogP contribution >= 0.6 is 0 Å². The summed E-state index contributed by atoms with van der Waals surface area (Å²) in [6, 6.07) is 0. The predicted octanol–water partition coefficient (Wildman–Crippen LogP) is 0.931. The maximum atomic E-state index is 8.48. The molecule has 0 amide bonds. The molecule has 0 aromatic heterocycles. The van der Waals surface area contributed by atoms with Crippen molar-refractivity contribution < 1.29 is 5.21 Å². The summed E-state index contributed by atoms with van der Waals surface area (Å²) < 4.78 is 0. The molecule has 1 rings (SSSR count). The lowest BCUT2D eigenvalue weighted by atomic mass is 10.0. The summed E-state index contributed by atoms with van der Waals surface area (Å²) >= 11 is 0. The second-order valence-corrected chi connectivity index (χ2v) is 3.51. The Bertz CT molecular complexity index is 163. The van der Waals surface area contributed by atoms with Crippen LogP contribution in [0.2, 0.25) is 0 Å². The van der Waals surface area contributed by atoms with Crippen LogP contribution in [-0.2, 0) is 0 Å². The van der Waals surface area contributed by atoms with Crippen LogP contribution in [0.1, 0.15) is 20.3 Å². The molecule has 0 aliphatic carbocycles. The van der Waals surface area contributed by atoms with Crippen molar-refractivity contribution >= 4 is 5.71 Å². The molecular weight excluding hydrogens is 128 g/mol. The maximum Gasteiger partial charge on any atom is 0.0728 e. The van der Waals surface area contributed by atoms with Gasteiger partial charge in [0.1, 0.15) is 0 Å². The van der Waals surface area contributed by atoms with Gasteiger partial charge in [-0.15, -0.1) is 0 Å². The number of oxime groups is 1. The normalized spacial score (nSPS) is 29.7. The van der Waals surface area contributed by atoms with Gasteiger partial charge in [0.25, 0.3) is 0 Å². The van der Waals surface area contributed by atoms with Crippen LogP contribution in [0.15, 0.2) is 5.16 Å². The molecule has 3 nitrogen and oxygen atoms in total. The molecule has 0 bridgehead atoms. The van der Waals surface area contributed by atoms with Gasteiger partial charge in [0.15, 0.2) is 0 Å². The van der Waals surface area contributed by atoms with Crippen molar-refractivity contribution in [2.45, 2.75) is 25.8 Å². The topological polar surface area (TPSA) is 35.8 Å². The molecule has 0 radical (unpaired) electrons. The van der Waals surface area contributed by atoms with E-state index in [4.69, 9.17) is 5.21 Å². The minimum atomic E-state index is 0.168. The molecule has 1 aliphatic rings. The first kappa shape index (κ1) is 7.54. The van der Waals surface area contributed by atoms with E-state index in [1.807, 2.05) is 7.05 Å². The third-order valence-corrected chi connectivity index (χ3v) is 2.23. The van der Waals surface area contributed by atoms with E-state index in [9.17, 15) is 0 Å². The fraction of sp³-hybridized carbons (Fsp3) is 0.857. The van der Waals surface area contributed by atoms with Crippen LogP contribution in [0.3, 0.4) is 0 Å². The van der Waals surface area contributed by atoms with E-state index >= 15 is 0 Å². The van der Waals surface area contributed by atoms with Crippen LogP contribution in [0, 0.1) is 0 Å². The van der Waals surface area contributed by atoms with Crippen LogP contribution in [0.4, 0.5) is 0 Å². The zero-order valence-corrected chi connectivity index (χ0v) is 6.76. The predicted molar refractivity (Wildman–Crippen MR) is 40.5 cm³/mol. The standard InChI is InChI=1S/C7H14N2O/c1-7(2)4-6(8-10)5-9(7)3/h10H,4-5H2,1-3H3/b8-6-. The van der Waals surface area contributed by atoms with Gasteiger partial charge < -0.3 is 5.21 Å². The Labute approximate surface area is 61.3 Å². The number of hydrogen-bond acceptors (Lipinski definition) is 3. The lowest BCUT2D eigenvalue weighted by Gasteiger charge is -2.25.